The monoisotopic (exact) mass is 291 g/mol. The molecule has 0 radical (unpaired) electrons. The van der Waals surface area contributed by atoms with Crippen molar-refractivity contribution in [3.63, 3.8) is 0 Å². The summed E-state index contributed by atoms with van der Waals surface area (Å²) >= 11 is 5.88. The van der Waals surface area contributed by atoms with Crippen molar-refractivity contribution in [2.24, 2.45) is 0 Å². The molecular formula is C17H19ClFN. The van der Waals surface area contributed by atoms with Gasteiger partial charge in [0.05, 0.1) is 0 Å². The number of hydrogen-bond acceptors (Lipinski definition) is 1. The Morgan fingerprint density at radius 1 is 1.00 bits per heavy atom. The minimum absolute atomic E-state index is 0.193. The van der Waals surface area contributed by atoms with E-state index in [0.717, 1.165) is 17.0 Å². The van der Waals surface area contributed by atoms with Gasteiger partial charge in [0.25, 0.3) is 0 Å². The predicted octanol–water partition coefficient (Wildman–Crippen LogP) is 4.76. The highest BCUT2D eigenvalue weighted by Gasteiger charge is 2.10. The van der Waals surface area contributed by atoms with Gasteiger partial charge in [0.2, 0.25) is 0 Å². The van der Waals surface area contributed by atoms with E-state index in [1.807, 2.05) is 36.4 Å². The molecule has 106 valence electrons. The molecule has 0 aromatic heterocycles. The van der Waals surface area contributed by atoms with Crippen LogP contribution in [-0.2, 0) is 6.42 Å². The van der Waals surface area contributed by atoms with Gasteiger partial charge in [0, 0.05) is 17.1 Å². The fraction of sp³-hybridized carbons (Fsp3) is 0.294. The van der Waals surface area contributed by atoms with E-state index in [0.29, 0.717) is 6.04 Å². The van der Waals surface area contributed by atoms with E-state index in [2.05, 4.69) is 19.2 Å². The normalized spacial score (nSPS) is 14.0. The van der Waals surface area contributed by atoms with Gasteiger partial charge in [0.15, 0.2) is 0 Å². The van der Waals surface area contributed by atoms with E-state index in [1.54, 1.807) is 0 Å². The lowest BCUT2D eigenvalue weighted by atomic mass is 10.0. The Bertz CT molecular complexity index is 536. The molecule has 0 heterocycles. The second kappa shape index (κ2) is 6.87. The minimum atomic E-state index is -0.199. The summed E-state index contributed by atoms with van der Waals surface area (Å²) in [5, 5.41) is 4.28. The molecule has 0 aliphatic rings. The van der Waals surface area contributed by atoms with Crippen molar-refractivity contribution in [3.8, 4) is 0 Å². The van der Waals surface area contributed by atoms with Crippen LogP contribution in [0.5, 0.6) is 0 Å². The van der Waals surface area contributed by atoms with Crippen molar-refractivity contribution in [3.05, 3.63) is 70.5 Å². The molecular weight excluding hydrogens is 273 g/mol. The smallest absolute Gasteiger partial charge is 0.123 e. The molecule has 1 unspecified atom stereocenters. The topological polar surface area (TPSA) is 12.0 Å². The fourth-order valence-corrected chi connectivity index (χ4v) is 2.43. The van der Waals surface area contributed by atoms with Gasteiger partial charge in [-0.1, -0.05) is 35.9 Å². The van der Waals surface area contributed by atoms with Crippen molar-refractivity contribution in [2.75, 3.05) is 0 Å². The van der Waals surface area contributed by atoms with Crippen LogP contribution in [0, 0.1) is 5.82 Å². The van der Waals surface area contributed by atoms with E-state index in [1.165, 1.54) is 17.7 Å². The molecule has 3 heteroatoms. The van der Waals surface area contributed by atoms with Gasteiger partial charge < -0.3 is 5.32 Å². The first kappa shape index (κ1) is 15.0. The predicted molar refractivity (Wildman–Crippen MR) is 82.6 cm³/mol. The molecule has 20 heavy (non-hydrogen) atoms. The maximum Gasteiger partial charge on any atom is 0.123 e. The van der Waals surface area contributed by atoms with Gasteiger partial charge in [0.1, 0.15) is 5.82 Å². The summed E-state index contributed by atoms with van der Waals surface area (Å²) in [5.74, 6) is -0.199. The average molecular weight is 292 g/mol. The molecule has 0 fully saturated rings. The lowest BCUT2D eigenvalue weighted by molar-refractivity contribution is 0.476. The first-order chi connectivity index (χ1) is 9.54. The van der Waals surface area contributed by atoms with Crippen LogP contribution >= 0.6 is 11.6 Å². The quantitative estimate of drug-likeness (QED) is 0.837. The van der Waals surface area contributed by atoms with Gasteiger partial charge in [-0.15, -0.1) is 0 Å². The lowest BCUT2D eigenvalue weighted by Crippen LogP contribution is -2.30. The largest absolute Gasteiger partial charge is 0.307 e. The number of benzene rings is 2. The van der Waals surface area contributed by atoms with Crippen LogP contribution < -0.4 is 5.32 Å². The maximum atomic E-state index is 12.9. The standard InChI is InChI=1S/C17H19ClFN/c1-12(11-14-3-7-16(18)8-4-14)20-13(2)15-5-9-17(19)10-6-15/h3-10,12-13,20H,11H2,1-2H3/t12?,13-/m0/s1. The molecule has 0 saturated heterocycles. The zero-order valence-electron chi connectivity index (χ0n) is 11.7. The molecule has 1 N–H and O–H groups in total. The van der Waals surface area contributed by atoms with E-state index >= 15 is 0 Å². The number of rotatable bonds is 5. The fourth-order valence-electron chi connectivity index (χ4n) is 2.31. The van der Waals surface area contributed by atoms with E-state index in [-0.39, 0.29) is 11.9 Å². The first-order valence-corrected chi connectivity index (χ1v) is 7.18. The van der Waals surface area contributed by atoms with Crippen molar-refractivity contribution < 1.29 is 4.39 Å². The third-order valence-corrected chi connectivity index (χ3v) is 3.61. The molecule has 1 nitrogen and oxygen atoms in total. The molecule has 0 spiro atoms. The van der Waals surface area contributed by atoms with Crippen molar-refractivity contribution in [1.29, 1.82) is 0 Å². The van der Waals surface area contributed by atoms with Crippen LogP contribution in [0.25, 0.3) is 0 Å². The highest BCUT2D eigenvalue weighted by molar-refractivity contribution is 6.30. The lowest BCUT2D eigenvalue weighted by Gasteiger charge is -2.20. The summed E-state index contributed by atoms with van der Waals surface area (Å²) in [4.78, 5) is 0. The van der Waals surface area contributed by atoms with E-state index < -0.39 is 0 Å². The molecule has 0 saturated carbocycles. The van der Waals surface area contributed by atoms with Crippen LogP contribution in [0.4, 0.5) is 4.39 Å². The molecule has 0 aliphatic heterocycles. The molecule has 2 aromatic rings. The molecule has 2 aromatic carbocycles. The van der Waals surface area contributed by atoms with E-state index in [9.17, 15) is 4.39 Å². The number of hydrogen-bond donors (Lipinski definition) is 1. The summed E-state index contributed by atoms with van der Waals surface area (Å²) in [5.41, 5.74) is 2.34. The zero-order chi connectivity index (χ0) is 14.5. The average Bonchev–Trinajstić information content (AvgIpc) is 2.42. The highest BCUT2D eigenvalue weighted by Crippen LogP contribution is 2.15. The Morgan fingerprint density at radius 3 is 2.20 bits per heavy atom. The summed E-state index contributed by atoms with van der Waals surface area (Å²) in [6.07, 6.45) is 0.933. The van der Waals surface area contributed by atoms with Crippen LogP contribution in [0.15, 0.2) is 48.5 Å². The molecule has 0 amide bonds. The van der Waals surface area contributed by atoms with Crippen LogP contribution in [0.2, 0.25) is 5.02 Å². The van der Waals surface area contributed by atoms with Gasteiger partial charge in [-0.3, -0.25) is 0 Å². The van der Waals surface area contributed by atoms with Gasteiger partial charge in [-0.25, -0.2) is 4.39 Å². The van der Waals surface area contributed by atoms with Gasteiger partial charge in [-0.2, -0.15) is 0 Å². The Balaban J connectivity index is 1.92. The second-order valence-corrected chi connectivity index (χ2v) is 5.61. The SMILES string of the molecule is CC(Cc1ccc(Cl)cc1)N[C@@H](C)c1ccc(F)cc1. The number of nitrogens with one attached hydrogen (secondary N) is 1. The third kappa shape index (κ3) is 4.32. The van der Waals surface area contributed by atoms with Crippen LogP contribution in [0.3, 0.4) is 0 Å². The van der Waals surface area contributed by atoms with Crippen molar-refractivity contribution in [1.82, 2.24) is 5.32 Å². The Morgan fingerprint density at radius 2 is 1.60 bits per heavy atom. The Hall–Kier alpha value is -1.38. The molecule has 2 atom stereocenters. The highest BCUT2D eigenvalue weighted by atomic mass is 35.5. The van der Waals surface area contributed by atoms with Gasteiger partial charge in [-0.05, 0) is 55.7 Å². The summed E-state index contributed by atoms with van der Waals surface area (Å²) < 4.78 is 12.9. The number of halogens is 2. The third-order valence-electron chi connectivity index (χ3n) is 3.36. The molecule has 0 bridgehead atoms. The summed E-state index contributed by atoms with van der Waals surface area (Å²) in [6, 6.07) is 15.1. The first-order valence-electron chi connectivity index (χ1n) is 6.80. The van der Waals surface area contributed by atoms with Gasteiger partial charge >= 0.3 is 0 Å². The second-order valence-electron chi connectivity index (χ2n) is 5.17. The summed E-state index contributed by atoms with van der Waals surface area (Å²) in [7, 11) is 0. The molecule has 0 aliphatic carbocycles. The zero-order valence-corrected chi connectivity index (χ0v) is 12.5. The van der Waals surface area contributed by atoms with Crippen LogP contribution in [-0.4, -0.2) is 6.04 Å². The Labute approximate surface area is 124 Å². The van der Waals surface area contributed by atoms with Crippen molar-refractivity contribution >= 4 is 11.6 Å². The van der Waals surface area contributed by atoms with Crippen LogP contribution in [0.1, 0.15) is 31.0 Å². The minimum Gasteiger partial charge on any atom is -0.307 e. The maximum absolute atomic E-state index is 12.9. The van der Waals surface area contributed by atoms with Crippen molar-refractivity contribution in [2.45, 2.75) is 32.4 Å². The Kier molecular flexibility index (Phi) is 5.16. The summed E-state index contributed by atoms with van der Waals surface area (Å²) in [6.45, 7) is 4.24. The van der Waals surface area contributed by atoms with E-state index in [4.69, 9.17) is 11.6 Å². The molecule has 2 rings (SSSR count).